The number of nitrogens with one attached hydrogen (secondary N) is 2. The summed E-state index contributed by atoms with van der Waals surface area (Å²) in [6.07, 6.45) is -4.81. The number of rotatable bonds is 4. The van der Waals surface area contributed by atoms with Crippen molar-refractivity contribution in [3.05, 3.63) is 39.7 Å². The monoisotopic (exact) mass is 288 g/mol. The van der Waals surface area contributed by atoms with E-state index in [1.54, 1.807) is 0 Å². The maximum Gasteiger partial charge on any atom is 0.423 e. The molecule has 2 rings (SSSR count). The summed E-state index contributed by atoms with van der Waals surface area (Å²) in [5.74, 6) is 0.247. The fourth-order valence-corrected chi connectivity index (χ4v) is 1.47. The first-order valence-electron chi connectivity index (χ1n) is 5.20. The van der Waals surface area contributed by atoms with Crippen molar-refractivity contribution in [1.82, 2.24) is 20.6 Å². The highest BCUT2D eigenvalue weighted by Gasteiger charge is 2.38. The van der Waals surface area contributed by atoms with E-state index in [4.69, 9.17) is 0 Å². The Morgan fingerprint density at radius 1 is 1.40 bits per heavy atom. The highest BCUT2D eigenvalue weighted by molar-refractivity contribution is 5.55. The molecule has 8 nitrogen and oxygen atoms in total. The van der Waals surface area contributed by atoms with Crippen molar-refractivity contribution in [3.8, 4) is 0 Å². The molecule has 0 aliphatic heterocycles. The van der Waals surface area contributed by atoms with Crippen LogP contribution in [-0.2, 0) is 12.7 Å². The fraction of sp³-hybridized carbons (Fsp3) is 0.222. The Hall–Kier alpha value is -2.72. The van der Waals surface area contributed by atoms with Gasteiger partial charge in [0.1, 0.15) is 5.56 Å². The van der Waals surface area contributed by atoms with E-state index in [0.29, 0.717) is 6.07 Å². The summed E-state index contributed by atoms with van der Waals surface area (Å²) in [5, 5.41) is 25.9. The van der Waals surface area contributed by atoms with Crippen LogP contribution in [0.2, 0.25) is 0 Å². The van der Waals surface area contributed by atoms with Gasteiger partial charge in [-0.15, -0.1) is 10.2 Å². The maximum absolute atomic E-state index is 12.7. The molecule has 0 spiro atoms. The molecule has 1 heterocycles. The lowest BCUT2D eigenvalue weighted by Crippen LogP contribution is -2.10. The van der Waals surface area contributed by atoms with E-state index >= 15 is 0 Å². The van der Waals surface area contributed by atoms with E-state index in [1.165, 1.54) is 6.07 Å². The second-order valence-electron chi connectivity index (χ2n) is 3.67. The first-order valence-corrected chi connectivity index (χ1v) is 5.20. The van der Waals surface area contributed by atoms with E-state index in [1.807, 2.05) is 0 Å². The van der Waals surface area contributed by atoms with Gasteiger partial charge in [0.15, 0.2) is 5.82 Å². The van der Waals surface area contributed by atoms with Crippen molar-refractivity contribution in [2.45, 2.75) is 12.7 Å². The van der Waals surface area contributed by atoms with Crippen molar-refractivity contribution in [2.24, 2.45) is 0 Å². The first kappa shape index (κ1) is 13.7. The van der Waals surface area contributed by atoms with Gasteiger partial charge in [-0.2, -0.15) is 18.4 Å². The number of hydrogen-bond acceptors (Lipinski definition) is 6. The average Bonchev–Trinajstić information content (AvgIpc) is 2.88. The molecule has 0 unspecified atom stereocenters. The molecule has 2 N–H and O–H groups in total. The van der Waals surface area contributed by atoms with Crippen LogP contribution in [0, 0.1) is 10.1 Å². The van der Waals surface area contributed by atoms with Gasteiger partial charge in [-0.25, -0.2) is 0 Å². The fourth-order valence-electron chi connectivity index (χ4n) is 1.47. The van der Waals surface area contributed by atoms with Crippen LogP contribution >= 0.6 is 0 Å². The molecule has 20 heavy (non-hydrogen) atoms. The van der Waals surface area contributed by atoms with E-state index < -0.39 is 22.4 Å². The lowest BCUT2D eigenvalue weighted by atomic mass is 10.1. The molecular weight excluding hydrogens is 281 g/mol. The van der Waals surface area contributed by atoms with Gasteiger partial charge in [0.25, 0.3) is 5.69 Å². The minimum atomic E-state index is -4.81. The van der Waals surface area contributed by atoms with Gasteiger partial charge in [-0.3, -0.25) is 10.1 Å². The lowest BCUT2D eigenvalue weighted by molar-refractivity contribution is -0.388. The summed E-state index contributed by atoms with van der Waals surface area (Å²) in [7, 11) is 0. The molecule has 11 heteroatoms. The number of nitro benzene ring substituents is 1. The Labute approximate surface area is 109 Å². The molecule has 0 bridgehead atoms. The number of aromatic amines is 1. The van der Waals surface area contributed by atoms with Crippen molar-refractivity contribution in [2.75, 3.05) is 5.32 Å². The van der Waals surface area contributed by atoms with Gasteiger partial charge >= 0.3 is 6.18 Å². The van der Waals surface area contributed by atoms with Crippen LogP contribution in [0.4, 0.5) is 24.5 Å². The second-order valence-corrected chi connectivity index (χ2v) is 3.67. The van der Waals surface area contributed by atoms with Crippen LogP contribution in [-0.4, -0.2) is 25.5 Å². The number of aromatic nitrogens is 4. The standard InChI is InChI=1S/C9H7F3N6O2/c10-9(11,12)6-3-5(1-2-7(6)18(19)20)13-4-8-14-16-17-15-8/h1-3,13H,4H2,(H,14,15,16,17). The average molecular weight is 288 g/mol. The SMILES string of the molecule is O=[N+]([O-])c1ccc(NCc2nn[nH]n2)cc1C(F)(F)F. The zero-order chi connectivity index (χ0) is 14.8. The molecule has 0 radical (unpaired) electrons. The number of H-pyrrole nitrogens is 1. The number of benzene rings is 1. The largest absolute Gasteiger partial charge is 0.423 e. The maximum atomic E-state index is 12.7. The molecule has 0 aliphatic rings. The Morgan fingerprint density at radius 2 is 2.15 bits per heavy atom. The molecule has 0 aliphatic carbocycles. The number of tetrazole rings is 1. The summed E-state index contributed by atoms with van der Waals surface area (Å²) in [4.78, 5) is 9.50. The van der Waals surface area contributed by atoms with Crippen molar-refractivity contribution in [3.63, 3.8) is 0 Å². The number of alkyl halides is 3. The van der Waals surface area contributed by atoms with Crippen molar-refractivity contribution >= 4 is 11.4 Å². The van der Waals surface area contributed by atoms with Crippen LogP contribution in [0.3, 0.4) is 0 Å². The quantitative estimate of drug-likeness (QED) is 0.655. The van der Waals surface area contributed by atoms with E-state index in [-0.39, 0.29) is 18.1 Å². The zero-order valence-electron chi connectivity index (χ0n) is 9.68. The molecule has 0 saturated heterocycles. The number of nitrogens with zero attached hydrogens (tertiary/aromatic N) is 4. The van der Waals surface area contributed by atoms with Crippen LogP contribution in [0.1, 0.15) is 11.4 Å². The third-order valence-electron chi connectivity index (χ3n) is 2.34. The molecule has 106 valence electrons. The van der Waals surface area contributed by atoms with Crippen molar-refractivity contribution in [1.29, 1.82) is 0 Å². The van der Waals surface area contributed by atoms with Crippen LogP contribution in [0.25, 0.3) is 0 Å². The van der Waals surface area contributed by atoms with Gasteiger partial charge in [0.05, 0.1) is 11.5 Å². The third-order valence-corrected chi connectivity index (χ3v) is 2.34. The number of halogens is 3. The molecular formula is C9H7F3N6O2. The molecule has 1 aromatic carbocycles. The van der Waals surface area contributed by atoms with Gasteiger partial charge in [-0.05, 0) is 12.1 Å². The molecule has 2 aromatic rings. The molecule has 0 amide bonds. The second kappa shape index (κ2) is 5.11. The smallest absolute Gasteiger partial charge is 0.378 e. The third kappa shape index (κ3) is 2.99. The molecule has 0 fully saturated rings. The Bertz CT molecular complexity index is 613. The lowest BCUT2D eigenvalue weighted by Gasteiger charge is -2.10. The Morgan fingerprint density at radius 3 is 2.70 bits per heavy atom. The van der Waals surface area contributed by atoms with Gasteiger partial charge in [0.2, 0.25) is 0 Å². The minimum Gasteiger partial charge on any atom is -0.378 e. The minimum absolute atomic E-state index is 0.0333. The highest BCUT2D eigenvalue weighted by Crippen LogP contribution is 2.37. The number of hydrogen-bond donors (Lipinski definition) is 2. The summed E-state index contributed by atoms with van der Waals surface area (Å²) < 4.78 is 38.2. The van der Waals surface area contributed by atoms with Crippen LogP contribution in [0.15, 0.2) is 18.2 Å². The Balaban J connectivity index is 2.25. The van der Waals surface area contributed by atoms with Gasteiger partial charge in [0, 0.05) is 11.8 Å². The van der Waals surface area contributed by atoms with E-state index in [9.17, 15) is 23.3 Å². The highest BCUT2D eigenvalue weighted by atomic mass is 19.4. The molecule has 1 aromatic heterocycles. The van der Waals surface area contributed by atoms with Gasteiger partial charge in [-0.1, -0.05) is 5.21 Å². The summed E-state index contributed by atoms with van der Waals surface area (Å²) in [5.41, 5.74) is -2.25. The summed E-state index contributed by atoms with van der Waals surface area (Å²) in [6.45, 7) is 0.0333. The summed E-state index contributed by atoms with van der Waals surface area (Å²) >= 11 is 0. The zero-order valence-corrected chi connectivity index (χ0v) is 9.68. The predicted molar refractivity (Wildman–Crippen MR) is 59.6 cm³/mol. The van der Waals surface area contributed by atoms with E-state index in [0.717, 1.165) is 6.07 Å². The van der Waals surface area contributed by atoms with E-state index in [2.05, 4.69) is 25.9 Å². The molecule has 0 atom stereocenters. The normalized spacial score (nSPS) is 11.3. The van der Waals surface area contributed by atoms with Crippen LogP contribution < -0.4 is 5.32 Å². The Kier molecular flexibility index (Phi) is 3.50. The predicted octanol–water partition coefficient (Wildman–Crippen LogP) is 1.74. The van der Waals surface area contributed by atoms with Crippen LogP contribution in [0.5, 0.6) is 0 Å². The van der Waals surface area contributed by atoms with Gasteiger partial charge < -0.3 is 5.32 Å². The molecule has 0 saturated carbocycles. The van der Waals surface area contributed by atoms with Crippen molar-refractivity contribution < 1.29 is 18.1 Å². The number of nitro groups is 1. The summed E-state index contributed by atoms with van der Waals surface area (Å²) in [6, 6.07) is 2.63. The first-order chi connectivity index (χ1) is 9.38. The number of anilines is 1. The topological polar surface area (TPSA) is 110 Å².